The smallest absolute Gasteiger partial charge is 0.261 e. The van der Waals surface area contributed by atoms with Gasteiger partial charge >= 0.3 is 0 Å². The Hall–Kier alpha value is -2.21. The molecule has 2 N–H and O–H groups in total. The molecule has 0 saturated carbocycles. The summed E-state index contributed by atoms with van der Waals surface area (Å²) in [4.78, 5) is 28.6. The van der Waals surface area contributed by atoms with E-state index in [4.69, 9.17) is 5.11 Å². The number of aliphatic hydroxyl groups is 1. The molecule has 0 aliphatic rings. The fourth-order valence-electron chi connectivity index (χ4n) is 2.63. The van der Waals surface area contributed by atoms with Crippen LogP contribution in [0.15, 0.2) is 35.4 Å². The van der Waals surface area contributed by atoms with Crippen LogP contribution in [0.4, 0.5) is 0 Å². The van der Waals surface area contributed by atoms with E-state index in [1.165, 1.54) is 10.9 Å². The summed E-state index contributed by atoms with van der Waals surface area (Å²) in [6, 6.07) is 7.07. The summed E-state index contributed by atoms with van der Waals surface area (Å²) in [6.07, 6.45) is 4.04. The number of carbonyl (C=O) groups excluding carboxylic acids is 1. The standard InChI is InChI=1S/C17H23N3O3/c1-2-5-13(8-9-21)10-18-16(22)11-20-12-19-15-7-4-3-6-14(15)17(20)23/h3-4,6-7,12-13,21H,2,5,8-11H2,1H3,(H,18,22). The molecular weight excluding hydrogens is 294 g/mol. The van der Waals surface area contributed by atoms with Crippen LogP contribution in [-0.2, 0) is 11.3 Å². The first-order valence-electron chi connectivity index (χ1n) is 7.97. The van der Waals surface area contributed by atoms with Gasteiger partial charge in [-0.1, -0.05) is 25.5 Å². The van der Waals surface area contributed by atoms with Crippen molar-refractivity contribution in [2.75, 3.05) is 13.2 Å². The molecule has 1 aromatic carbocycles. The van der Waals surface area contributed by atoms with Crippen LogP contribution in [0.1, 0.15) is 26.2 Å². The van der Waals surface area contributed by atoms with Gasteiger partial charge in [-0.25, -0.2) is 4.98 Å². The molecule has 1 unspecified atom stereocenters. The number of rotatable bonds is 8. The molecule has 6 nitrogen and oxygen atoms in total. The van der Waals surface area contributed by atoms with Crippen molar-refractivity contribution in [1.82, 2.24) is 14.9 Å². The van der Waals surface area contributed by atoms with E-state index in [2.05, 4.69) is 17.2 Å². The van der Waals surface area contributed by atoms with Crippen molar-refractivity contribution in [2.24, 2.45) is 5.92 Å². The molecular formula is C17H23N3O3. The molecule has 0 fully saturated rings. The summed E-state index contributed by atoms with van der Waals surface area (Å²) in [5.74, 6) is 0.0450. The lowest BCUT2D eigenvalue weighted by atomic mass is 10.0. The first-order valence-corrected chi connectivity index (χ1v) is 7.97. The molecule has 0 saturated heterocycles. The van der Waals surface area contributed by atoms with E-state index in [0.717, 1.165) is 12.8 Å². The summed E-state index contributed by atoms with van der Waals surface area (Å²) in [5, 5.41) is 12.4. The minimum atomic E-state index is -0.219. The van der Waals surface area contributed by atoms with Gasteiger partial charge < -0.3 is 10.4 Å². The van der Waals surface area contributed by atoms with Crippen molar-refractivity contribution in [3.8, 4) is 0 Å². The maximum absolute atomic E-state index is 12.3. The molecule has 2 rings (SSSR count). The maximum Gasteiger partial charge on any atom is 0.261 e. The van der Waals surface area contributed by atoms with Crippen LogP contribution in [0, 0.1) is 5.92 Å². The quantitative estimate of drug-likeness (QED) is 0.769. The largest absolute Gasteiger partial charge is 0.396 e. The molecule has 1 aromatic heterocycles. The molecule has 0 aliphatic heterocycles. The van der Waals surface area contributed by atoms with Gasteiger partial charge in [0.05, 0.1) is 17.2 Å². The maximum atomic E-state index is 12.3. The molecule has 6 heteroatoms. The van der Waals surface area contributed by atoms with E-state index in [9.17, 15) is 9.59 Å². The minimum absolute atomic E-state index is 0.0470. The highest BCUT2D eigenvalue weighted by Crippen LogP contribution is 2.09. The molecule has 0 radical (unpaired) electrons. The highest BCUT2D eigenvalue weighted by atomic mass is 16.3. The van der Waals surface area contributed by atoms with Crippen LogP contribution in [-0.4, -0.2) is 33.7 Å². The van der Waals surface area contributed by atoms with E-state index in [0.29, 0.717) is 23.9 Å². The molecule has 23 heavy (non-hydrogen) atoms. The minimum Gasteiger partial charge on any atom is -0.396 e. The number of nitrogens with zero attached hydrogens (tertiary/aromatic N) is 2. The normalized spacial score (nSPS) is 12.3. The van der Waals surface area contributed by atoms with Crippen LogP contribution in [0.25, 0.3) is 10.9 Å². The first kappa shape index (κ1) is 17.1. The summed E-state index contributed by atoms with van der Waals surface area (Å²) >= 11 is 0. The zero-order valence-electron chi connectivity index (χ0n) is 13.4. The summed E-state index contributed by atoms with van der Waals surface area (Å²) < 4.78 is 1.32. The number of nitrogens with one attached hydrogen (secondary N) is 1. The van der Waals surface area contributed by atoms with Crippen LogP contribution < -0.4 is 10.9 Å². The SMILES string of the molecule is CCCC(CCO)CNC(=O)Cn1cnc2ccccc2c1=O. The summed E-state index contributed by atoms with van der Waals surface area (Å²) in [7, 11) is 0. The Morgan fingerprint density at radius 1 is 1.35 bits per heavy atom. The van der Waals surface area contributed by atoms with E-state index in [-0.39, 0.29) is 30.5 Å². The van der Waals surface area contributed by atoms with Crippen molar-refractivity contribution in [3.63, 3.8) is 0 Å². The zero-order chi connectivity index (χ0) is 16.7. The Morgan fingerprint density at radius 2 is 2.13 bits per heavy atom. The average Bonchev–Trinajstić information content (AvgIpc) is 2.56. The fourth-order valence-corrected chi connectivity index (χ4v) is 2.63. The highest BCUT2D eigenvalue weighted by molar-refractivity contribution is 5.78. The second kappa shape index (κ2) is 8.43. The molecule has 0 spiro atoms. The number of amides is 1. The highest BCUT2D eigenvalue weighted by Gasteiger charge is 2.11. The van der Waals surface area contributed by atoms with Gasteiger partial charge in [-0.3, -0.25) is 14.2 Å². The lowest BCUT2D eigenvalue weighted by Gasteiger charge is -2.16. The molecule has 124 valence electrons. The second-order valence-electron chi connectivity index (χ2n) is 5.67. The number of hydrogen-bond acceptors (Lipinski definition) is 4. The van der Waals surface area contributed by atoms with E-state index in [1.807, 2.05) is 6.07 Å². The summed E-state index contributed by atoms with van der Waals surface area (Å²) in [5.41, 5.74) is 0.409. The Morgan fingerprint density at radius 3 is 2.87 bits per heavy atom. The van der Waals surface area contributed by atoms with E-state index < -0.39 is 0 Å². The average molecular weight is 317 g/mol. The molecule has 1 heterocycles. The third-order valence-corrected chi connectivity index (χ3v) is 3.87. The number of para-hydroxylation sites is 1. The van der Waals surface area contributed by atoms with Crippen LogP contribution in [0.3, 0.4) is 0 Å². The molecule has 1 atom stereocenters. The van der Waals surface area contributed by atoms with Gasteiger partial charge in [0.2, 0.25) is 5.91 Å². The number of hydrogen-bond donors (Lipinski definition) is 2. The van der Waals surface area contributed by atoms with Crippen LogP contribution in [0.5, 0.6) is 0 Å². The number of benzene rings is 1. The van der Waals surface area contributed by atoms with Gasteiger partial charge in [0.15, 0.2) is 0 Å². The van der Waals surface area contributed by atoms with E-state index in [1.54, 1.807) is 18.2 Å². The number of aliphatic hydroxyl groups excluding tert-OH is 1. The van der Waals surface area contributed by atoms with Gasteiger partial charge in [-0.05, 0) is 30.9 Å². The monoisotopic (exact) mass is 317 g/mol. The molecule has 2 aromatic rings. The van der Waals surface area contributed by atoms with E-state index >= 15 is 0 Å². The lowest BCUT2D eigenvalue weighted by Crippen LogP contribution is -2.35. The van der Waals surface area contributed by atoms with Gasteiger partial charge in [0, 0.05) is 13.2 Å². The van der Waals surface area contributed by atoms with Gasteiger partial charge in [0.25, 0.3) is 5.56 Å². The molecule has 1 amide bonds. The van der Waals surface area contributed by atoms with Crippen molar-refractivity contribution < 1.29 is 9.90 Å². The van der Waals surface area contributed by atoms with Crippen molar-refractivity contribution in [1.29, 1.82) is 0 Å². The topological polar surface area (TPSA) is 84.2 Å². The van der Waals surface area contributed by atoms with Crippen molar-refractivity contribution in [2.45, 2.75) is 32.7 Å². The Labute approximate surface area is 135 Å². The number of fused-ring (bicyclic) bond motifs is 1. The lowest BCUT2D eigenvalue weighted by molar-refractivity contribution is -0.121. The van der Waals surface area contributed by atoms with Crippen molar-refractivity contribution in [3.05, 3.63) is 40.9 Å². The Balaban J connectivity index is 2.00. The van der Waals surface area contributed by atoms with Gasteiger partial charge in [0.1, 0.15) is 6.54 Å². The third kappa shape index (κ3) is 4.63. The van der Waals surface area contributed by atoms with Gasteiger partial charge in [-0.15, -0.1) is 0 Å². The Kier molecular flexibility index (Phi) is 6.29. The Bertz CT molecular complexity index is 706. The number of aromatic nitrogens is 2. The summed E-state index contributed by atoms with van der Waals surface area (Å²) in [6.45, 7) is 2.67. The number of carbonyl (C=O) groups is 1. The second-order valence-corrected chi connectivity index (χ2v) is 5.67. The zero-order valence-corrected chi connectivity index (χ0v) is 13.4. The molecule has 0 aliphatic carbocycles. The van der Waals surface area contributed by atoms with Crippen LogP contribution in [0.2, 0.25) is 0 Å². The van der Waals surface area contributed by atoms with Crippen molar-refractivity contribution >= 4 is 16.8 Å². The first-order chi connectivity index (χ1) is 11.2. The third-order valence-electron chi connectivity index (χ3n) is 3.87. The van der Waals surface area contributed by atoms with Crippen LogP contribution >= 0.6 is 0 Å². The molecule has 0 bridgehead atoms. The predicted molar refractivity (Wildman–Crippen MR) is 89.1 cm³/mol. The fraction of sp³-hybridized carbons (Fsp3) is 0.471. The van der Waals surface area contributed by atoms with Gasteiger partial charge in [-0.2, -0.15) is 0 Å². The predicted octanol–water partition coefficient (Wildman–Crippen LogP) is 1.31.